The molecule has 1 amide bonds. The number of benzene rings is 1. The van der Waals surface area contributed by atoms with Crippen molar-refractivity contribution in [1.29, 1.82) is 0 Å². The van der Waals surface area contributed by atoms with Crippen LogP contribution in [0.1, 0.15) is 16.7 Å². The summed E-state index contributed by atoms with van der Waals surface area (Å²) < 4.78 is 0. The van der Waals surface area contributed by atoms with Gasteiger partial charge >= 0.3 is 0 Å². The van der Waals surface area contributed by atoms with Crippen LogP contribution < -0.4 is 5.32 Å². The zero-order valence-electron chi connectivity index (χ0n) is 9.99. The van der Waals surface area contributed by atoms with E-state index in [1.165, 1.54) is 11.1 Å². The molecule has 0 radical (unpaired) electrons. The van der Waals surface area contributed by atoms with Gasteiger partial charge in [-0.25, -0.2) is 0 Å². The summed E-state index contributed by atoms with van der Waals surface area (Å²) in [5.74, 6) is 0.0339. The Labute approximate surface area is 105 Å². The number of aryl methyl sites for hydroxylation is 2. The molecule has 1 aromatic heterocycles. The summed E-state index contributed by atoms with van der Waals surface area (Å²) in [6, 6.07) is 7.94. The molecule has 1 heterocycles. The van der Waals surface area contributed by atoms with E-state index in [0.29, 0.717) is 6.42 Å². The van der Waals surface area contributed by atoms with E-state index < -0.39 is 0 Å². The summed E-state index contributed by atoms with van der Waals surface area (Å²) in [6.07, 6.45) is 0.441. The van der Waals surface area contributed by atoms with E-state index in [2.05, 4.69) is 12.2 Å². The van der Waals surface area contributed by atoms with Crippen LogP contribution in [0.2, 0.25) is 0 Å². The van der Waals surface area contributed by atoms with E-state index in [0.717, 1.165) is 11.3 Å². The number of hydrogen-bond donors (Lipinski definition) is 1. The molecule has 1 N–H and O–H groups in total. The van der Waals surface area contributed by atoms with Gasteiger partial charge in [-0.3, -0.25) is 4.79 Å². The zero-order chi connectivity index (χ0) is 12.3. The molecule has 0 bridgehead atoms. The van der Waals surface area contributed by atoms with Gasteiger partial charge in [0.05, 0.1) is 6.42 Å². The quantitative estimate of drug-likeness (QED) is 0.880. The van der Waals surface area contributed by atoms with Crippen LogP contribution in [0.25, 0.3) is 0 Å². The highest BCUT2D eigenvalue weighted by Gasteiger charge is 2.04. The third-order valence-electron chi connectivity index (χ3n) is 2.74. The Morgan fingerprint density at radius 1 is 1.24 bits per heavy atom. The summed E-state index contributed by atoms with van der Waals surface area (Å²) in [4.78, 5) is 11.8. The van der Waals surface area contributed by atoms with Crippen LogP contribution in [0.15, 0.2) is 35.0 Å². The lowest BCUT2D eigenvalue weighted by atomic mass is 10.1. The monoisotopic (exact) mass is 245 g/mol. The average Bonchev–Trinajstić information content (AvgIpc) is 2.76. The summed E-state index contributed by atoms with van der Waals surface area (Å²) in [6.45, 7) is 4.11. The second-order valence-corrected chi connectivity index (χ2v) is 4.94. The van der Waals surface area contributed by atoms with Crippen molar-refractivity contribution >= 4 is 22.9 Å². The normalized spacial score (nSPS) is 10.2. The Balaban J connectivity index is 2.00. The molecule has 0 fully saturated rings. The van der Waals surface area contributed by atoms with Crippen molar-refractivity contribution < 1.29 is 4.79 Å². The Kier molecular flexibility index (Phi) is 3.59. The van der Waals surface area contributed by atoms with E-state index in [9.17, 15) is 4.79 Å². The molecule has 0 aliphatic rings. The van der Waals surface area contributed by atoms with Gasteiger partial charge in [-0.05, 0) is 59.5 Å². The lowest BCUT2D eigenvalue weighted by Gasteiger charge is -2.07. The SMILES string of the molecule is Cc1ccc(NC(=O)Cc2ccsc2)cc1C. The van der Waals surface area contributed by atoms with Crippen molar-refractivity contribution in [3.05, 3.63) is 51.7 Å². The van der Waals surface area contributed by atoms with Crippen LogP contribution in [0.4, 0.5) is 5.69 Å². The van der Waals surface area contributed by atoms with Crippen molar-refractivity contribution in [2.75, 3.05) is 5.32 Å². The molecule has 0 aliphatic carbocycles. The van der Waals surface area contributed by atoms with Crippen LogP contribution in [0, 0.1) is 13.8 Å². The summed E-state index contributed by atoms with van der Waals surface area (Å²) >= 11 is 1.61. The first-order valence-electron chi connectivity index (χ1n) is 5.53. The highest BCUT2D eigenvalue weighted by molar-refractivity contribution is 7.08. The lowest BCUT2D eigenvalue weighted by Crippen LogP contribution is -2.14. The lowest BCUT2D eigenvalue weighted by molar-refractivity contribution is -0.115. The molecule has 17 heavy (non-hydrogen) atoms. The third kappa shape index (κ3) is 3.17. The predicted octanol–water partition coefficient (Wildman–Crippen LogP) is 3.55. The number of nitrogens with one attached hydrogen (secondary N) is 1. The van der Waals surface area contributed by atoms with Crippen LogP contribution in [0.5, 0.6) is 0 Å². The molecule has 0 saturated heterocycles. The highest BCUT2D eigenvalue weighted by Crippen LogP contribution is 2.15. The fourth-order valence-electron chi connectivity index (χ4n) is 1.60. The Hall–Kier alpha value is -1.61. The predicted molar refractivity (Wildman–Crippen MR) is 72.6 cm³/mol. The Bertz CT molecular complexity index is 517. The standard InChI is InChI=1S/C14H15NOS/c1-10-3-4-13(7-11(10)2)15-14(16)8-12-5-6-17-9-12/h3-7,9H,8H2,1-2H3,(H,15,16). The van der Waals surface area contributed by atoms with Crippen molar-refractivity contribution in [2.24, 2.45) is 0 Å². The van der Waals surface area contributed by atoms with Gasteiger partial charge in [0.25, 0.3) is 0 Å². The molecule has 2 rings (SSSR count). The molecule has 0 aliphatic heterocycles. The summed E-state index contributed by atoms with van der Waals surface area (Å²) in [5, 5.41) is 6.90. The first-order chi connectivity index (χ1) is 8.15. The van der Waals surface area contributed by atoms with Crippen molar-refractivity contribution in [3.8, 4) is 0 Å². The summed E-state index contributed by atoms with van der Waals surface area (Å²) in [5.41, 5.74) is 4.36. The highest BCUT2D eigenvalue weighted by atomic mass is 32.1. The van der Waals surface area contributed by atoms with Gasteiger partial charge in [-0.1, -0.05) is 6.07 Å². The first kappa shape index (κ1) is 11.9. The fourth-order valence-corrected chi connectivity index (χ4v) is 2.27. The molecule has 0 unspecified atom stereocenters. The smallest absolute Gasteiger partial charge is 0.228 e. The molecule has 2 nitrogen and oxygen atoms in total. The van der Waals surface area contributed by atoms with Crippen LogP contribution in [-0.2, 0) is 11.2 Å². The minimum Gasteiger partial charge on any atom is -0.326 e. The minimum atomic E-state index is 0.0339. The number of carbonyl (C=O) groups excluding carboxylic acids is 1. The molecular weight excluding hydrogens is 230 g/mol. The van der Waals surface area contributed by atoms with Crippen LogP contribution in [0.3, 0.4) is 0 Å². The molecular formula is C14H15NOS. The van der Waals surface area contributed by atoms with E-state index in [1.54, 1.807) is 11.3 Å². The molecule has 0 saturated carbocycles. The number of hydrogen-bond acceptors (Lipinski definition) is 2. The number of amides is 1. The molecule has 0 spiro atoms. The van der Waals surface area contributed by atoms with E-state index in [1.807, 2.05) is 41.9 Å². The van der Waals surface area contributed by atoms with Gasteiger partial charge in [-0.2, -0.15) is 11.3 Å². The maximum Gasteiger partial charge on any atom is 0.228 e. The van der Waals surface area contributed by atoms with Gasteiger partial charge in [0.2, 0.25) is 5.91 Å². The van der Waals surface area contributed by atoms with Crippen molar-refractivity contribution in [2.45, 2.75) is 20.3 Å². The van der Waals surface area contributed by atoms with Crippen LogP contribution in [-0.4, -0.2) is 5.91 Å². The fraction of sp³-hybridized carbons (Fsp3) is 0.214. The summed E-state index contributed by atoms with van der Waals surface area (Å²) in [7, 11) is 0. The molecule has 88 valence electrons. The molecule has 1 aromatic carbocycles. The van der Waals surface area contributed by atoms with E-state index in [-0.39, 0.29) is 5.91 Å². The minimum absolute atomic E-state index is 0.0339. The van der Waals surface area contributed by atoms with E-state index >= 15 is 0 Å². The second-order valence-electron chi connectivity index (χ2n) is 4.16. The van der Waals surface area contributed by atoms with Crippen LogP contribution >= 0.6 is 11.3 Å². The van der Waals surface area contributed by atoms with Gasteiger partial charge in [0.15, 0.2) is 0 Å². The third-order valence-corrected chi connectivity index (χ3v) is 3.47. The largest absolute Gasteiger partial charge is 0.326 e. The second kappa shape index (κ2) is 5.15. The number of anilines is 1. The van der Waals surface area contributed by atoms with Gasteiger partial charge in [-0.15, -0.1) is 0 Å². The zero-order valence-corrected chi connectivity index (χ0v) is 10.8. The maximum atomic E-state index is 11.8. The van der Waals surface area contributed by atoms with Crippen molar-refractivity contribution in [1.82, 2.24) is 0 Å². The number of rotatable bonds is 3. The van der Waals surface area contributed by atoms with E-state index in [4.69, 9.17) is 0 Å². The maximum absolute atomic E-state index is 11.8. The Morgan fingerprint density at radius 3 is 2.71 bits per heavy atom. The van der Waals surface area contributed by atoms with Gasteiger partial charge < -0.3 is 5.32 Å². The average molecular weight is 245 g/mol. The van der Waals surface area contributed by atoms with Gasteiger partial charge in [0.1, 0.15) is 0 Å². The van der Waals surface area contributed by atoms with Gasteiger partial charge in [0, 0.05) is 5.69 Å². The number of thiophene rings is 1. The van der Waals surface area contributed by atoms with Crippen molar-refractivity contribution in [3.63, 3.8) is 0 Å². The Morgan fingerprint density at radius 2 is 2.06 bits per heavy atom. The molecule has 3 heteroatoms. The molecule has 2 aromatic rings. The number of carbonyl (C=O) groups is 1. The first-order valence-corrected chi connectivity index (χ1v) is 6.47. The molecule has 0 atom stereocenters. The topological polar surface area (TPSA) is 29.1 Å².